The molecule has 4 aromatic rings. The number of ether oxygens (including phenoxy) is 1. The molecule has 3 aliphatic heterocycles. The molecule has 0 amide bonds. The van der Waals surface area contributed by atoms with Crippen LogP contribution in [0.15, 0.2) is 89.9 Å². The zero-order valence-electron chi connectivity index (χ0n) is 25.0. The van der Waals surface area contributed by atoms with Crippen LogP contribution in [0.2, 0.25) is 0 Å². The molecule has 220 valence electrons. The smallest absolute Gasteiger partial charge is 0.308 e. The normalized spacial score (nSPS) is 23.8. The fourth-order valence-corrected chi connectivity index (χ4v) is 8.19. The number of benzene rings is 3. The molecule has 0 saturated carbocycles. The Hall–Kier alpha value is -4.15. The van der Waals surface area contributed by atoms with Crippen LogP contribution in [0.25, 0.3) is 11.0 Å². The molecule has 4 heterocycles. The largest absolute Gasteiger partial charge is 0.425 e. The predicted molar refractivity (Wildman–Crippen MR) is 170 cm³/mol. The van der Waals surface area contributed by atoms with Crippen LogP contribution in [0.4, 0.5) is 0 Å². The Labute approximate surface area is 254 Å². The van der Waals surface area contributed by atoms with E-state index in [-0.39, 0.29) is 5.41 Å². The molecule has 0 spiro atoms. The third-order valence-electron chi connectivity index (χ3n) is 10.3. The standard InChI is InChI=1S/C36H40N6O/c1-27-39-33-14-8-9-15-34(33)42(27)31-24-29-16-17-30(25-31)41(29)23-20-36(28-10-4-2-5-11-28)18-21-40(22-19-36)35(38-26-37)43-32-12-6-3-7-13-32/h2-15,29-31H,16-25H2,1H3/b38-35+. The van der Waals surface area contributed by atoms with Crippen molar-refractivity contribution in [2.24, 2.45) is 4.99 Å². The number of likely N-dealkylation sites (tertiary alicyclic amines) is 1. The molecule has 0 N–H and O–H groups in total. The first-order valence-corrected chi connectivity index (χ1v) is 15.8. The summed E-state index contributed by atoms with van der Waals surface area (Å²) in [6.45, 7) is 4.91. The lowest BCUT2D eigenvalue weighted by molar-refractivity contribution is 0.0878. The number of para-hydroxylation sites is 3. The monoisotopic (exact) mass is 572 g/mol. The average molecular weight is 573 g/mol. The number of aromatic nitrogens is 2. The van der Waals surface area contributed by atoms with E-state index in [1.807, 2.05) is 36.5 Å². The third-order valence-corrected chi connectivity index (χ3v) is 10.3. The van der Waals surface area contributed by atoms with Gasteiger partial charge in [-0.25, -0.2) is 4.98 Å². The Balaban J connectivity index is 1.06. The van der Waals surface area contributed by atoms with Crippen molar-refractivity contribution in [3.05, 3.63) is 96.3 Å². The Morgan fingerprint density at radius 1 is 0.907 bits per heavy atom. The molecule has 2 atom stereocenters. The molecule has 1 aromatic heterocycles. The van der Waals surface area contributed by atoms with Gasteiger partial charge in [-0.3, -0.25) is 4.90 Å². The first-order chi connectivity index (χ1) is 21.1. The van der Waals surface area contributed by atoms with Gasteiger partial charge >= 0.3 is 6.02 Å². The minimum absolute atomic E-state index is 0.0929. The van der Waals surface area contributed by atoms with Gasteiger partial charge < -0.3 is 14.2 Å². The van der Waals surface area contributed by atoms with Gasteiger partial charge in [0.1, 0.15) is 11.6 Å². The summed E-state index contributed by atoms with van der Waals surface area (Å²) < 4.78 is 8.60. The van der Waals surface area contributed by atoms with Crippen molar-refractivity contribution in [1.29, 1.82) is 5.26 Å². The molecule has 3 aromatic carbocycles. The SMILES string of the molecule is Cc1nc2ccccc2n1C1CC2CCC(C1)N2CCC1(c2ccccc2)CCN(/C(=N\C#N)Oc2ccccc2)CC1. The van der Waals surface area contributed by atoms with E-state index in [1.54, 1.807) is 0 Å². The summed E-state index contributed by atoms with van der Waals surface area (Å²) in [5, 5.41) is 9.40. The molecule has 7 rings (SSSR count). The van der Waals surface area contributed by atoms with Gasteiger partial charge in [-0.05, 0) is 93.7 Å². The molecular weight excluding hydrogens is 532 g/mol. The van der Waals surface area contributed by atoms with E-state index in [2.05, 4.69) is 80.9 Å². The maximum absolute atomic E-state index is 9.40. The molecule has 3 saturated heterocycles. The second-order valence-electron chi connectivity index (χ2n) is 12.6. The molecule has 2 bridgehead atoms. The highest BCUT2D eigenvalue weighted by Crippen LogP contribution is 2.45. The number of aliphatic imine (C=N–C) groups is 1. The number of amidine groups is 1. The lowest BCUT2D eigenvalue weighted by Crippen LogP contribution is -2.49. The number of nitrogens with zero attached hydrogens (tertiary/aromatic N) is 6. The van der Waals surface area contributed by atoms with E-state index in [1.165, 1.54) is 36.8 Å². The second-order valence-corrected chi connectivity index (χ2v) is 12.6. The number of hydrogen-bond acceptors (Lipinski definition) is 5. The van der Waals surface area contributed by atoms with Gasteiger partial charge in [0.05, 0.1) is 11.0 Å². The van der Waals surface area contributed by atoms with Gasteiger partial charge in [0.2, 0.25) is 6.19 Å². The number of aryl methyl sites for hydroxylation is 1. The quantitative estimate of drug-likeness (QED) is 0.144. The third kappa shape index (κ3) is 5.41. The molecule has 7 nitrogen and oxygen atoms in total. The van der Waals surface area contributed by atoms with Crippen LogP contribution in [-0.2, 0) is 5.41 Å². The lowest BCUT2D eigenvalue weighted by Gasteiger charge is -2.46. The van der Waals surface area contributed by atoms with E-state index < -0.39 is 0 Å². The topological polar surface area (TPSA) is 69.7 Å². The van der Waals surface area contributed by atoms with E-state index in [4.69, 9.17) is 9.72 Å². The van der Waals surface area contributed by atoms with Crippen molar-refractivity contribution in [2.45, 2.75) is 75.4 Å². The van der Waals surface area contributed by atoms with E-state index in [0.717, 1.165) is 50.2 Å². The van der Waals surface area contributed by atoms with Gasteiger partial charge in [-0.2, -0.15) is 5.26 Å². The molecule has 0 aliphatic carbocycles. The Bertz CT molecular complexity index is 1600. The maximum Gasteiger partial charge on any atom is 0.308 e. The molecule has 2 unspecified atom stereocenters. The molecule has 43 heavy (non-hydrogen) atoms. The summed E-state index contributed by atoms with van der Waals surface area (Å²) in [4.78, 5) is 14.0. The van der Waals surface area contributed by atoms with E-state index in [0.29, 0.717) is 29.9 Å². The summed E-state index contributed by atoms with van der Waals surface area (Å²) in [7, 11) is 0. The van der Waals surface area contributed by atoms with Crippen LogP contribution in [0.5, 0.6) is 5.75 Å². The number of fused-ring (bicyclic) bond motifs is 3. The number of imidazole rings is 1. The van der Waals surface area contributed by atoms with Crippen LogP contribution in [0.3, 0.4) is 0 Å². The lowest BCUT2D eigenvalue weighted by atomic mass is 9.70. The van der Waals surface area contributed by atoms with Gasteiger partial charge in [0, 0.05) is 31.2 Å². The van der Waals surface area contributed by atoms with E-state index in [9.17, 15) is 5.26 Å². The van der Waals surface area contributed by atoms with Gasteiger partial charge in [-0.15, -0.1) is 4.99 Å². The predicted octanol–water partition coefficient (Wildman–Crippen LogP) is 6.85. The maximum atomic E-state index is 9.40. The highest BCUT2D eigenvalue weighted by atomic mass is 16.5. The van der Waals surface area contributed by atoms with Gasteiger partial charge in [0.25, 0.3) is 0 Å². The van der Waals surface area contributed by atoms with Crippen molar-refractivity contribution in [2.75, 3.05) is 19.6 Å². The molecule has 3 fully saturated rings. The van der Waals surface area contributed by atoms with Crippen LogP contribution >= 0.6 is 0 Å². The fraction of sp³-hybridized carbons (Fsp3) is 0.417. The molecule has 7 heteroatoms. The summed E-state index contributed by atoms with van der Waals surface area (Å²) in [6.07, 6.45) is 10.1. The van der Waals surface area contributed by atoms with E-state index >= 15 is 0 Å². The summed E-state index contributed by atoms with van der Waals surface area (Å²) in [5.41, 5.74) is 3.92. The minimum atomic E-state index is 0.0929. The van der Waals surface area contributed by atoms with Gasteiger partial charge in [-0.1, -0.05) is 60.7 Å². The zero-order valence-corrected chi connectivity index (χ0v) is 25.0. The van der Waals surface area contributed by atoms with Gasteiger partial charge in [0.15, 0.2) is 0 Å². The Morgan fingerprint density at radius 2 is 1.56 bits per heavy atom. The zero-order chi connectivity index (χ0) is 29.2. The number of hydrogen-bond donors (Lipinski definition) is 0. The molecule has 3 aliphatic rings. The highest BCUT2D eigenvalue weighted by molar-refractivity contribution is 5.77. The van der Waals surface area contributed by atoms with Crippen molar-refractivity contribution < 1.29 is 4.74 Å². The van der Waals surface area contributed by atoms with Crippen molar-refractivity contribution in [1.82, 2.24) is 19.4 Å². The van der Waals surface area contributed by atoms with Crippen LogP contribution < -0.4 is 4.74 Å². The first kappa shape index (κ1) is 27.7. The Morgan fingerprint density at radius 3 is 2.26 bits per heavy atom. The molecular formula is C36H40N6O. The van der Waals surface area contributed by atoms with Crippen molar-refractivity contribution in [3.63, 3.8) is 0 Å². The summed E-state index contributed by atoms with van der Waals surface area (Å²) >= 11 is 0. The highest BCUT2D eigenvalue weighted by Gasteiger charge is 2.44. The first-order valence-electron chi connectivity index (χ1n) is 15.8. The van der Waals surface area contributed by atoms with Crippen molar-refractivity contribution in [3.8, 4) is 11.9 Å². The van der Waals surface area contributed by atoms with Crippen LogP contribution in [-0.4, -0.2) is 57.1 Å². The van der Waals surface area contributed by atoms with Crippen LogP contribution in [0, 0.1) is 18.4 Å². The average Bonchev–Trinajstić information content (AvgIpc) is 3.51. The fourth-order valence-electron chi connectivity index (χ4n) is 8.19. The summed E-state index contributed by atoms with van der Waals surface area (Å²) in [6, 6.07) is 31.5. The Kier molecular flexibility index (Phi) is 7.63. The minimum Gasteiger partial charge on any atom is -0.425 e. The second kappa shape index (κ2) is 11.9. The number of nitriles is 1. The number of piperidine rings is 2. The van der Waals surface area contributed by atoms with Crippen molar-refractivity contribution >= 4 is 17.1 Å². The summed E-state index contributed by atoms with van der Waals surface area (Å²) in [5.74, 6) is 1.85. The van der Waals surface area contributed by atoms with Crippen LogP contribution in [0.1, 0.15) is 62.4 Å². The molecule has 0 radical (unpaired) electrons. The number of rotatable bonds is 6.